The zero-order chi connectivity index (χ0) is 13.3. The van der Waals surface area contributed by atoms with Gasteiger partial charge in [-0.2, -0.15) is 0 Å². The number of piperidine rings is 1. The molecule has 0 spiro atoms. The van der Waals surface area contributed by atoms with Crippen molar-refractivity contribution < 1.29 is 4.79 Å². The Balaban J connectivity index is 0.00000121. The molecule has 0 aromatic carbocycles. The van der Waals surface area contributed by atoms with Crippen LogP contribution in [0, 0.1) is 5.92 Å². The second-order valence-electron chi connectivity index (χ2n) is 4.48. The number of nitrogens with zero attached hydrogens (tertiary/aromatic N) is 2. The summed E-state index contributed by atoms with van der Waals surface area (Å²) in [6.45, 7) is 9.73. The van der Waals surface area contributed by atoms with Crippen LogP contribution in [0.2, 0.25) is 0 Å². The van der Waals surface area contributed by atoms with Gasteiger partial charge in [-0.25, -0.2) is 4.79 Å². The fourth-order valence-corrected chi connectivity index (χ4v) is 1.82. The maximum Gasteiger partial charge on any atom is 0.319 e. The summed E-state index contributed by atoms with van der Waals surface area (Å²) in [7, 11) is 3.78. The Morgan fingerprint density at radius 3 is 2.35 bits per heavy atom. The van der Waals surface area contributed by atoms with E-state index in [2.05, 4.69) is 12.2 Å². The number of likely N-dealkylation sites (tertiary alicyclic amines) is 1. The summed E-state index contributed by atoms with van der Waals surface area (Å²) in [5, 5.41) is 3.05. The van der Waals surface area contributed by atoms with Crippen LogP contribution in [-0.2, 0) is 0 Å². The lowest BCUT2D eigenvalue weighted by Gasteiger charge is -2.33. The number of carbonyl (C=O) groups is 1. The van der Waals surface area contributed by atoms with Gasteiger partial charge in [0, 0.05) is 33.2 Å². The summed E-state index contributed by atoms with van der Waals surface area (Å²) >= 11 is 0. The van der Waals surface area contributed by atoms with Crippen molar-refractivity contribution in [2.24, 2.45) is 5.92 Å². The first-order valence-electron chi connectivity index (χ1n) is 6.79. The molecule has 1 aliphatic heterocycles. The molecule has 4 nitrogen and oxygen atoms in total. The number of urea groups is 1. The molecule has 0 saturated carbocycles. The van der Waals surface area contributed by atoms with Crippen molar-refractivity contribution in [1.82, 2.24) is 15.1 Å². The van der Waals surface area contributed by atoms with Gasteiger partial charge in [0.05, 0.1) is 0 Å². The quantitative estimate of drug-likeness (QED) is 0.823. The molecule has 0 aromatic rings. The highest BCUT2D eigenvalue weighted by molar-refractivity contribution is 5.74. The molecule has 0 bridgehead atoms. The van der Waals surface area contributed by atoms with Gasteiger partial charge in [0.15, 0.2) is 0 Å². The van der Waals surface area contributed by atoms with E-state index in [-0.39, 0.29) is 6.03 Å². The van der Waals surface area contributed by atoms with Gasteiger partial charge in [0.1, 0.15) is 0 Å². The third-order valence-electron chi connectivity index (χ3n) is 3.08. The van der Waals surface area contributed by atoms with Crippen molar-refractivity contribution in [2.45, 2.75) is 33.6 Å². The van der Waals surface area contributed by atoms with Gasteiger partial charge in [-0.3, -0.25) is 0 Å². The average Bonchev–Trinajstić information content (AvgIpc) is 2.38. The van der Waals surface area contributed by atoms with Gasteiger partial charge in [-0.05, 0) is 25.8 Å². The first-order valence-corrected chi connectivity index (χ1v) is 6.79. The number of nitrogens with one attached hydrogen (secondary N) is 1. The second kappa shape index (κ2) is 9.28. The molecule has 102 valence electrons. The number of hydrogen-bond donors (Lipinski definition) is 1. The second-order valence-corrected chi connectivity index (χ2v) is 4.48. The van der Waals surface area contributed by atoms with Crippen LogP contribution in [-0.4, -0.2) is 56.1 Å². The van der Waals surface area contributed by atoms with Crippen LogP contribution in [0.25, 0.3) is 0 Å². The van der Waals surface area contributed by atoms with Crippen molar-refractivity contribution in [1.29, 1.82) is 0 Å². The maximum absolute atomic E-state index is 11.9. The van der Waals surface area contributed by atoms with Gasteiger partial charge >= 0.3 is 6.03 Å². The van der Waals surface area contributed by atoms with Crippen LogP contribution >= 0.6 is 0 Å². The van der Waals surface area contributed by atoms with Gasteiger partial charge in [0.2, 0.25) is 0 Å². The van der Waals surface area contributed by atoms with Crippen LogP contribution < -0.4 is 5.32 Å². The molecule has 1 fully saturated rings. The molecule has 0 radical (unpaired) electrons. The first-order chi connectivity index (χ1) is 8.15. The molecule has 17 heavy (non-hydrogen) atoms. The third-order valence-corrected chi connectivity index (χ3v) is 3.08. The summed E-state index contributed by atoms with van der Waals surface area (Å²) in [5.41, 5.74) is 0. The van der Waals surface area contributed by atoms with E-state index in [0.29, 0.717) is 0 Å². The lowest BCUT2D eigenvalue weighted by atomic mass is 10.00. The van der Waals surface area contributed by atoms with E-state index in [1.54, 1.807) is 4.90 Å². The number of likely N-dealkylation sites (N-methyl/N-ethyl adjacent to an activating group) is 2. The van der Waals surface area contributed by atoms with E-state index in [1.807, 2.05) is 32.8 Å². The summed E-state index contributed by atoms with van der Waals surface area (Å²) in [5.74, 6) is 0.775. The fraction of sp³-hybridized carbons (Fsp3) is 0.923. The Kier molecular flexibility index (Phi) is 8.86. The molecule has 0 unspecified atom stereocenters. The first kappa shape index (κ1) is 16.2. The summed E-state index contributed by atoms with van der Waals surface area (Å²) in [6, 6.07) is 0.178. The van der Waals surface area contributed by atoms with Gasteiger partial charge in [-0.1, -0.05) is 20.8 Å². The number of carbonyl (C=O) groups excluding carboxylic acids is 1. The molecule has 0 atom stereocenters. The predicted octanol–water partition coefficient (Wildman–Crippen LogP) is 2.02. The van der Waals surface area contributed by atoms with Crippen LogP contribution in [0.15, 0.2) is 0 Å². The predicted molar refractivity (Wildman–Crippen MR) is 73.3 cm³/mol. The Morgan fingerprint density at radius 2 is 1.88 bits per heavy atom. The van der Waals surface area contributed by atoms with Gasteiger partial charge < -0.3 is 15.1 Å². The van der Waals surface area contributed by atoms with Crippen molar-refractivity contribution in [2.75, 3.05) is 40.3 Å². The Labute approximate surface area is 106 Å². The molecule has 0 aromatic heterocycles. The van der Waals surface area contributed by atoms with E-state index in [0.717, 1.165) is 44.9 Å². The van der Waals surface area contributed by atoms with Crippen molar-refractivity contribution in [3.63, 3.8) is 0 Å². The molecule has 1 saturated heterocycles. The highest BCUT2D eigenvalue weighted by Crippen LogP contribution is 2.16. The van der Waals surface area contributed by atoms with Crippen LogP contribution in [0.3, 0.4) is 0 Å². The lowest BCUT2D eigenvalue weighted by molar-refractivity contribution is 0.143. The number of hydrogen-bond acceptors (Lipinski definition) is 2. The standard InChI is InChI=1S/C11H23N3O.C2H6/c1-10-4-7-14(8-5-10)11(15)13(3)9-6-12-2;1-2/h10,12H,4-9H2,1-3H3;1-2H3. The van der Waals surface area contributed by atoms with E-state index in [9.17, 15) is 4.79 Å². The third kappa shape index (κ3) is 5.91. The van der Waals surface area contributed by atoms with E-state index in [1.165, 1.54) is 0 Å². The monoisotopic (exact) mass is 243 g/mol. The van der Waals surface area contributed by atoms with Crippen LogP contribution in [0.4, 0.5) is 4.79 Å². The number of amides is 2. The zero-order valence-corrected chi connectivity index (χ0v) is 12.1. The smallest absolute Gasteiger partial charge is 0.319 e. The summed E-state index contributed by atoms with van der Waals surface area (Å²) < 4.78 is 0. The largest absolute Gasteiger partial charge is 0.326 e. The zero-order valence-electron chi connectivity index (χ0n) is 12.1. The van der Waals surface area contributed by atoms with E-state index in [4.69, 9.17) is 0 Å². The Hall–Kier alpha value is -0.770. The molecule has 1 N–H and O–H groups in total. The molecule has 1 aliphatic rings. The minimum absolute atomic E-state index is 0.178. The van der Waals surface area contributed by atoms with Gasteiger partial charge in [0.25, 0.3) is 0 Å². The average molecular weight is 243 g/mol. The van der Waals surface area contributed by atoms with E-state index < -0.39 is 0 Å². The van der Waals surface area contributed by atoms with Crippen molar-refractivity contribution >= 4 is 6.03 Å². The molecule has 0 aliphatic carbocycles. The fourth-order valence-electron chi connectivity index (χ4n) is 1.82. The summed E-state index contributed by atoms with van der Waals surface area (Å²) in [4.78, 5) is 15.7. The topological polar surface area (TPSA) is 35.6 Å². The van der Waals surface area contributed by atoms with Crippen molar-refractivity contribution in [3.8, 4) is 0 Å². The highest BCUT2D eigenvalue weighted by atomic mass is 16.2. The maximum atomic E-state index is 11.9. The number of rotatable bonds is 3. The van der Waals surface area contributed by atoms with Crippen LogP contribution in [0.1, 0.15) is 33.6 Å². The van der Waals surface area contributed by atoms with Gasteiger partial charge in [-0.15, -0.1) is 0 Å². The molecule has 1 heterocycles. The highest BCUT2D eigenvalue weighted by Gasteiger charge is 2.22. The Morgan fingerprint density at radius 1 is 1.35 bits per heavy atom. The normalized spacial score (nSPS) is 16.2. The molecular formula is C13H29N3O. The van der Waals surface area contributed by atoms with Crippen LogP contribution in [0.5, 0.6) is 0 Å². The van der Waals surface area contributed by atoms with Crippen molar-refractivity contribution in [3.05, 3.63) is 0 Å². The SMILES string of the molecule is CC.CNCCN(C)C(=O)N1CCC(C)CC1. The minimum Gasteiger partial charge on any atom is -0.326 e. The molecular weight excluding hydrogens is 214 g/mol. The minimum atomic E-state index is 0.178. The molecule has 1 rings (SSSR count). The van der Waals surface area contributed by atoms with E-state index >= 15 is 0 Å². The summed E-state index contributed by atoms with van der Waals surface area (Å²) in [6.07, 6.45) is 2.29. The molecule has 2 amide bonds. The lowest BCUT2D eigenvalue weighted by Crippen LogP contribution is -2.46. The molecule has 4 heteroatoms. The Bertz CT molecular complexity index is 201.